The van der Waals surface area contributed by atoms with Crippen molar-refractivity contribution >= 4 is 33.7 Å². The summed E-state index contributed by atoms with van der Waals surface area (Å²) in [6, 6.07) is 3.23. The van der Waals surface area contributed by atoms with Crippen molar-refractivity contribution in [1.29, 1.82) is 0 Å². The van der Waals surface area contributed by atoms with Crippen LogP contribution >= 0.6 is 15.9 Å². The summed E-state index contributed by atoms with van der Waals surface area (Å²) in [7, 11) is 2.44. The number of carbonyl (C=O) groups is 3. The van der Waals surface area contributed by atoms with Crippen LogP contribution in [0, 0.1) is 0 Å². The zero-order valence-electron chi connectivity index (χ0n) is 12.9. The molecule has 1 aromatic carbocycles. The van der Waals surface area contributed by atoms with Crippen LogP contribution in [-0.2, 0) is 14.9 Å². The number of esters is 2. The van der Waals surface area contributed by atoms with Gasteiger partial charge in [-0.15, -0.1) is 0 Å². The van der Waals surface area contributed by atoms with Crippen molar-refractivity contribution in [3.05, 3.63) is 34.4 Å². The predicted octanol–water partition coefficient (Wildman–Crippen LogP) is 2.89. The maximum absolute atomic E-state index is 12.6. The summed E-state index contributed by atoms with van der Waals surface area (Å²) in [6.07, 6.45) is 0.608. The molecule has 0 spiro atoms. The molecule has 0 saturated heterocycles. The van der Waals surface area contributed by atoms with Gasteiger partial charge >= 0.3 is 11.9 Å². The lowest BCUT2D eigenvalue weighted by molar-refractivity contribution is 0.0552. The average molecular weight is 369 g/mol. The fourth-order valence-corrected chi connectivity index (χ4v) is 3.86. The molecule has 118 valence electrons. The molecule has 0 fully saturated rings. The molecule has 22 heavy (non-hydrogen) atoms. The lowest BCUT2D eigenvalue weighted by atomic mass is 9.70. The third-order valence-electron chi connectivity index (χ3n) is 3.95. The molecule has 5 nitrogen and oxygen atoms in total. The highest BCUT2D eigenvalue weighted by atomic mass is 79.9. The van der Waals surface area contributed by atoms with Crippen LogP contribution in [0.1, 0.15) is 56.9 Å². The second kappa shape index (κ2) is 5.83. The number of benzene rings is 1. The molecule has 1 aromatic rings. The standard InChI is InChI=1S/C16H17BrO5/c1-16(2)7-10(17)13(18)12-9(16)6-5-8(14(19)21-3)11(12)15(20)22-4/h5-6,10H,7H2,1-4H3. The summed E-state index contributed by atoms with van der Waals surface area (Å²) in [6.45, 7) is 3.98. The lowest BCUT2D eigenvalue weighted by Crippen LogP contribution is -2.37. The minimum absolute atomic E-state index is 0.0194. The first-order chi connectivity index (χ1) is 10.2. The lowest BCUT2D eigenvalue weighted by Gasteiger charge is -2.35. The zero-order valence-corrected chi connectivity index (χ0v) is 14.4. The van der Waals surface area contributed by atoms with Crippen LogP contribution in [0.2, 0.25) is 0 Å². The Kier molecular flexibility index (Phi) is 4.42. The van der Waals surface area contributed by atoms with Crippen LogP contribution < -0.4 is 0 Å². The summed E-state index contributed by atoms with van der Waals surface area (Å²) in [5, 5.41) is 0. The topological polar surface area (TPSA) is 69.7 Å². The summed E-state index contributed by atoms with van der Waals surface area (Å²) >= 11 is 3.37. The van der Waals surface area contributed by atoms with Gasteiger partial charge in [-0.3, -0.25) is 4.79 Å². The van der Waals surface area contributed by atoms with Gasteiger partial charge in [0.25, 0.3) is 0 Å². The Morgan fingerprint density at radius 3 is 2.32 bits per heavy atom. The van der Waals surface area contributed by atoms with Crippen LogP contribution in [-0.4, -0.2) is 36.8 Å². The van der Waals surface area contributed by atoms with Gasteiger partial charge in [-0.05, 0) is 23.5 Å². The molecule has 0 saturated carbocycles. The molecule has 2 rings (SSSR count). The average Bonchev–Trinajstić information content (AvgIpc) is 2.49. The number of alkyl halides is 1. The number of ketones is 1. The van der Waals surface area contributed by atoms with Gasteiger partial charge in [-0.25, -0.2) is 9.59 Å². The van der Waals surface area contributed by atoms with Gasteiger partial charge < -0.3 is 9.47 Å². The maximum Gasteiger partial charge on any atom is 0.339 e. The van der Waals surface area contributed by atoms with E-state index in [0.29, 0.717) is 6.42 Å². The van der Waals surface area contributed by atoms with Gasteiger partial charge in [0.15, 0.2) is 5.78 Å². The van der Waals surface area contributed by atoms with Crippen molar-refractivity contribution in [1.82, 2.24) is 0 Å². The summed E-state index contributed by atoms with van der Waals surface area (Å²) in [4.78, 5) is 36.3. The Balaban J connectivity index is 2.84. The van der Waals surface area contributed by atoms with Crippen molar-refractivity contribution in [2.75, 3.05) is 14.2 Å². The van der Waals surface area contributed by atoms with Crippen LogP contribution in [0.15, 0.2) is 12.1 Å². The van der Waals surface area contributed by atoms with Crippen LogP contribution in [0.3, 0.4) is 0 Å². The number of fused-ring (bicyclic) bond motifs is 1. The number of ether oxygens (including phenoxy) is 2. The minimum atomic E-state index is -0.719. The van der Waals surface area contributed by atoms with Gasteiger partial charge in [-0.1, -0.05) is 35.8 Å². The van der Waals surface area contributed by atoms with Crippen molar-refractivity contribution in [2.45, 2.75) is 30.5 Å². The number of halogens is 1. The number of carbonyl (C=O) groups excluding carboxylic acids is 3. The monoisotopic (exact) mass is 368 g/mol. The molecule has 0 aromatic heterocycles. The molecule has 0 N–H and O–H groups in total. The molecule has 0 aliphatic heterocycles. The second-order valence-corrected chi connectivity index (χ2v) is 6.92. The molecule has 0 radical (unpaired) electrons. The van der Waals surface area contributed by atoms with Crippen molar-refractivity contribution in [2.24, 2.45) is 0 Å². The molecule has 0 amide bonds. The number of hydrogen-bond donors (Lipinski definition) is 0. The van der Waals surface area contributed by atoms with E-state index >= 15 is 0 Å². The summed E-state index contributed by atoms with van der Waals surface area (Å²) in [5.74, 6) is -1.62. The largest absolute Gasteiger partial charge is 0.465 e. The number of Topliss-reactive ketones (excluding diaryl/α,β-unsaturated/α-hetero) is 1. The minimum Gasteiger partial charge on any atom is -0.465 e. The molecular weight excluding hydrogens is 352 g/mol. The summed E-state index contributed by atoms with van der Waals surface area (Å²) in [5.41, 5.74) is 0.691. The van der Waals surface area contributed by atoms with Gasteiger partial charge in [0, 0.05) is 5.56 Å². The second-order valence-electron chi connectivity index (χ2n) is 5.81. The van der Waals surface area contributed by atoms with Crippen LogP contribution in [0.5, 0.6) is 0 Å². The molecular formula is C16H17BrO5. The highest BCUT2D eigenvalue weighted by Crippen LogP contribution is 2.41. The van der Waals surface area contributed by atoms with E-state index < -0.39 is 16.8 Å². The highest BCUT2D eigenvalue weighted by Gasteiger charge is 2.41. The normalized spacial score (nSPS) is 19.3. The smallest absolute Gasteiger partial charge is 0.339 e. The third kappa shape index (κ3) is 2.56. The Labute approximate surface area is 137 Å². The van der Waals surface area contributed by atoms with E-state index in [1.54, 1.807) is 6.07 Å². The first kappa shape index (κ1) is 16.7. The van der Waals surface area contributed by atoms with E-state index in [-0.39, 0.29) is 27.9 Å². The Bertz CT molecular complexity index is 663. The van der Waals surface area contributed by atoms with Gasteiger partial charge in [0.1, 0.15) is 0 Å². The van der Waals surface area contributed by atoms with Crippen molar-refractivity contribution < 1.29 is 23.9 Å². The van der Waals surface area contributed by atoms with E-state index in [0.717, 1.165) is 5.56 Å². The highest BCUT2D eigenvalue weighted by molar-refractivity contribution is 9.10. The van der Waals surface area contributed by atoms with Crippen LogP contribution in [0.25, 0.3) is 0 Å². The van der Waals surface area contributed by atoms with E-state index in [1.807, 2.05) is 13.8 Å². The Morgan fingerprint density at radius 2 is 1.77 bits per heavy atom. The molecule has 1 aliphatic rings. The van der Waals surface area contributed by atoms with Crippen molar-refractivity contribution in [3.8, 4) is 0 Å². The van der Waals surface area contributed by atoms with Crippen LogP contribution in [0.4, 0.5) is 0 Å². The third-order valence-corrected chi connectivity index (χ3v) is 4.69. The molecule has 1 aliphatic carbocycles. The zero-order chi connectivity index (χ0) is 16.7. The first-order valence-electron chi connectivity index (χ1n) is 6.77. The van der Waals surface area contributed by atoms with Crippen molar-refractivity contribution in [3.63, 3.8) is 0 Å². The van der Waals surface area contributed by atoms with Gasteiger partial charge in [0.2, 0.25) is 0 Å². The van der Waals surface area contributed by atoms with E-state index in [2.05, 4.69) is 15.9 Å². The fraction of sp³-hybridized carbons (Fsp3) is 0.438. The Morgan fingerprint density at radius 1 is 1.18 bits per heavy atom. The number of rotatable bonds is 2. The maximum atomic E-state index is 12.6. The van der Waals surface area contributed by atoms with E-state index in [9.17, 15) is 14.4 Å². The molecule has 1 unspecified atom stereocenters. The summed E-state index contributed by atoms with van der Waals surface area (Å²) < 4.78 is 9.48. The number of methoxy groups -OCH3 is 2. The molecule has 0 bridgehead atoms. The fourth-order valence-electron chi connectivity index (χ4n) is 2.82. The molecule has 6 heteroatoms. The van der Waals surface area contributed by atoms with E-state index in [4.69, 9.17) is 9.47 Å². The SMILES string of the molecule is COC(=O)c1ccc2c(c1C(=O)OC)C(=O)C(Br)CC2(C)C. The number of hydrogen-bond acceptors (Lipinski definition) is 5. The predicted molar refractivity (Wildman–Crippen MR) is 83.8 cm³/mol. The molecule has 0 heterocycles. The Hall–Kier alpha value is -1.69. The van der Waals surface area contributed by atoms with Gasteiger partial charge in [-0.2, -0.15) is 0 Å². The van der Waals surface area contributed by atoms with Gasteiger partial charge in [0.05, 0.1) is 30.2 Å². The quantitative estimate of drug-likeness (QED) is 0.592. The molecule has 1 atom stereocenters. The van der Waals surface area contributed by atoms with E-state index in [1.165, 1.54) is 20.3 Å². The first-order valence-corrected chi connectivity index (χ1v) is 7.68.